The Labute approximate surface area is 89.2 Å². The molecule has 0 amide bonds. The third-order valence-electron chi connectivity index (χ3n) is 2.34. The SMILES string of the molecule is C=C1OC(n2ccc(=O)[nH]c2=O)[C@@H](O)C1O. The molecule has 16 heavy (non-hydrogen) atoms. The van der Waals surface area contributed by atoms with E-state index in [4.69, 9.17) is 4.74 Å². The molecule has 1 fully saturated rings. The Morgan fingerprint density at radius 2 is 2.12 bits per heavy atom. The fourth-order valence-electron chi connectivity index (χ4n) is 1.49. The summed E-state index contributed by atoms with van der Waals surface area (Å²) in [5, 5.41) is 19.0. The normalized spacial score (nSPS) is 29.1. The highest BCUT2D eigenvalue weighted by molar-refractivity contribution is 5.05. The van der Waals surface area contributed by atoms with Gasteiger partial charge >= 0.3 is 5.69 Å². The molecule has 7 heteroatoms. The standard InChI is InChI=1S/C9H10N2O5/c1-4-6(13)7(14)8(16-4)11-3-2-5(12)10-9(11)15/h2-3,6-8,13-14H,1H2,(H,10,12,15)/t6?,7-,8?/m0/s1. The molecule has 1 aromatic heterocycles. The van der Waals surface area contributed by atoms with Crippen LogP contribution in [0, 0.1) is 0 Å². The van der Waals surface area contributed by atoms with Crippen LogP contribution in [0.2, 0.25) is 0 Å². The van der Waals surface area contributed by atoms with Crippen LogP contribution >= 0.6 is 0 Å². The lowest BCUT2D eigenvalue weighted by atomic mass is 10.2. The summed E-state index contributed by atoms with van der Waals surface area (Å²) in [5.41, 5.74) is -1.27. The number of H-pyrrole nitrogens is 1. The molecule has 1 saturated heterocycles. The summed E-state index contributed by atoms with van der Waals surface area (Å²) in [6.07, 6.45) is -2.44. The van der Waals surface area contributed by atoms with Gasteiger partial charge in [0.1, 0.15) is 18.0 Å². The molecule has 0 spiro atoms. The first kappa shape index (κ1) is 10.7. The Hall–Kier alpha value is -1.86. The molecule has 0 aliphatic carbocycles. The Bertz CT molecular complexity index is 531. The van der Waals surface area contributed by atoms with Crippen molar-refractivity contribution >= 4 is 0 Å². The van der Waals surface area contributed by atoms with E-state index in [2.05, 4.69) is 6.58 Å². The maximum absolute atomic E-state index is 11.4. The van der Waals surface area contributed by atoms with E-state index in [1.807, 2.05) is 4.98 Å². The number of nitrogens with one attached hydrogen (secondary N) is 1. The minimum absolute atomic E-state index is 0.0180. The summed E-state index contributed by atoms with van der Waals surface area (Å²) < 4.78 is 6.02. The molecule has 2 rings (SSSR count). The Morgan fingerprint density at radius 1 is 1.44 bits per heavy atom. The predicted octanol–water partition coefficient (Wildman–Crippen LogP) is -1.70. The van der Waals surface area contributed by atoms with Crippen LogP contribution in [-0.4, -0.2) is 32.0 Å². The van der Waals surface area contributed by atoms with Crippen LogP contribution in [0.5, 0.6) is 0 Å². The highest BCUT2D eigenvalue weighted by atomic mass is 16.5. The summed E-state index contributed by atoms with van der Waals surface area (Å²) in [7, 11) is 0. The van der Waals surface area contributed by atoms with Crippen molar-refractivity contribution in [3.05, 3.63) is 45.4 Å². The van der Waals surface area contributed by atoms with Crippen molar-refractivity contribution < 1.29 is 14.9 Å². The van der Waals surface area contributed by atoms with E-state index in [-0.39, 0.29) is 5.76 Å². The summed E-state index contributed by atoms with van der Waals surface area (Å²) in [6, 6.07) is 1.12. The van der Waals surface area contributed by atoms with Crippen molar-refractivity contribution in [1.82, 2.24) is 9.55 Å². The number of nitrogens with zero attached hydrogens (tertiary/aromatic N) is 1. The number of hydrogen-bond donors (Lipinski definition) is 3. The molecule has 3 N–H and O–H groups in total. The van der Waals surface area contributed by atoms with Gasteiger partial charge in [-0.3, -0.25) is 14.3 Å². The smallest absolute Gasteiger partial charge is 0.331 e. The van der Waals surface area contributed by atoms with Gasteiger partial charge in [-0.1, -0.05) is 6.58 Å². The van der Waals surface area contributed by atoms with Crippen molar-refractivity contribution in [2.24, 2.45) is 0 Å². The van der Waals surface area contributed by atoms with E-state index in [9.17, 15) is 19.8 Å². The first-order valence-electron chi connectivity index (χ1n) is 4.54. The second-order valence-electron chi connectivity index (χ2n) is 3.43. The molecule has 2 heterocycles. The molecule has 0 bridgehead atoms. The topological polar surface area (TPSA) is 105 Å². The van der Waals surface area contributed by atoms with Crippen LogP contribution in [0.15, 0.2) is 34.2 Å². The molecular formula is C9H10N2O5. The zero-order valence-electron chi connectivity index (χ0n) is 8.16. The van der Waals surface area contributed by atoms with Crippen molar-refractivity contribution in [1.29, 1.82) is 0 Å². The van der Waals surface area contributed by atoms with Crippen molar-refractivity contribution in [2.45, 2.75) is 18.4 Å². The van der Waals surface area contributed by atoms with Crippen molar-refractivity contribution in [2.75, 3.05) is 0 Å². The number of aromatic nitrogens is 2. The molecule has 0 radical (unpaired) electrons. The van der Waals surface area contributed by atoms with E-state index in [0.29, 0.717) is 0 Å². The number of aliphatic hydroxyl groups excluding tert-OH is 2. The first-order valence-corrected chi connectivity index (χ1v) is 4.54. The number of hydrogen-bond acceptors (Lipinski definition) is 5. The van der Waals surface area contributed by atoms with Crippen LogP contribution in [0.4, 0.5) is 0 Å². The molecule has 0 saturated carbocycles. The largest absolute Gasteiger partial charge is 0.469 e. The third kappa shape index (κ3) is 1.55. The summed E-state index contributed by atoms with van der Waals surface area (Å²) >= 11 is 0. The van der Waals surface area contributed by atoms with Crippen molar-refractivity contribution in [3.63, 3.8) is 0 Å². The molecule has 7 nitrogen and oxygen atoms in total. The number of aliphatic hydroxyl groups is 2. The maximum atomic E-state index is 11.4. The van der Waals surface area contributed by atoms with E-state index >= 15 is 0 Å². The third-order valence-corrected chi connectivity index (χ3v) is 2.34. The summed E-state index contributed by atoms with van der Waals surface area (Å²) in [5.74, 6) is -0.0180. The number of aromatic amines is 1. The number of rotatable bonds is 1. The average molecular weight is 226 g/mol. The number of ether oxygens (including phenoxy) is 1. The lowest BCUT2D eigenvalue weighted by Gasteiger charge is -2.15. The Morgan fingerprint density at radius 3 is 2.62 bits per heavy atom. The van der Waals surface area contributed by atoms with Crippen LogP contribution < -0.4 is 11.2 Å². The van der Waals surface area contributed by atoms with Crippen molar-refractivity contribution in [3.8, 4) is 0 Å². The molecule has 2 unspecified atom stereocenters. The van der Waals surface area contributed by atoms with Crippen LogP contribution in [-0.2, 0) is 4.74 Å². The zero-order valence-corrected chi connectivity index (χ0v) is 8.16. The first-order chi connectivity index (χ1) is 7.50. The maximum Gasteiger partial charge on any atom is 0.331 e. The Kier molecular flexibility index (Phi) is 2.41. The van der Waals surface area contributed by atoms with E-state index in [1.54, 1.807) is 0 Å². The molecule has 1 aliphatic rings. The van der Waals surface area contributed by atoms with E-state index in [1.165, 1.54) is 6.20 Å². The molecule has 1 aliphatic heterocycles. The summed E-state index contributed by atoms with van der Waals surface area (Å²) in [6.45, 7) is 3.39. The minimum Gasteiger partial charge on any atom is -0.469 e. The molecule has 1 aromatic rings. The van der Waals surface area contributed by atoms with Gasteiger partial charge in [0.05, 0.1) is 0 Å². The predicted molar refractivity (Wildman–Crippen MR) is 52.6 cm³/mol. The van der Waals surface area contributed by atoms with Gasteiger partial charge in [-0.05, 0) is 0 Å². The molecule has 3 atom stereocenters. The van der Waals surface area contributed by atoms with Gasteiger partial charge in [-0.2, -0.15) is 0 Å². The minimum atomic E-state index is -1.30. The van der Waals surface area contributed by atoms with Gasteiger partial charge in [0.25, 0.3) is 5.56 Å². The zero-order chi connectivity index (χ0) is 11.9. The van der Waals surface area contributed by atoms with Crippen LogP contribution in [0.25, 0.3) is 0 Å². The van der Waals surface area contributed by atoms with Gasteiger partial charge < -0.3 is 14.9 Å². The van der Waals surface area contributed by atoms with Gasteiger partial charge in [0.2, 0.25) is 6.23 Å². The fraction of sp³-hybridized carbons (Fsp3) is 0.333. The van der Waals surface area contributed by atoms with Gasteiger partial charge in [0.15, 0.2) is 0 Å². The van der Waals surface area contributed by atoms with Gasteiger partial charge in [0, 0.05) is 12.3 Å². The lowest BCUT2D eigenvalue weighted by Crippen LogP contribution is -2.37. The second-order valence-corrected chi connectivity index (χ2v) is 3.43. The summed E-state index contributed by atoms with van der Waals surface area (Å²) in [4.78, 5) is 24.2. The highest BCUT2D eigenvalue weighted by Crippen LogP contribution is 2.29. The second kappa shape index (κ2) is 3.62. The lowest BCUT2D eigenvalue weighted by molar-refractivity contribution is -0.0163. The monoisotopic (exact) mass is 226 g/mol. The van der Waals surface area contributed by atoms with Gasteiger partial charge in [-0.15, -0.1) is 0 Å². The van der Waals surface area contributed by atoms with Crippen LogP contribution in [0.3, 0.4) is 0 Å². The van der Waals surface area contributed by atoms with Crippen LogP contribution in [0.1, 0.15) is 6.23 Å². The fourth-order valence-corrected chi connectivity index (χ4v) is 1.49. The quantitative estimate of drug-likeness (QED) is 0.529. The molecule has 0 aromatic carbocycles. The molecule has 86 valence electrons. The van der Waals surface area contributed by atoms with E-state index in [0.717, 1.165) is 10.6 Å². The molecular weight excluding hydrogens is 216 g/mol. The highest BCUT2D eigenvalue weighted by Gasteiger charge is 2.40. The Balaban J connectivity index is 2.43. The van der Waals surface area contributed by atoms with E-state index < -0.39 is 29.7 Å². The average Bonchev–Trinajstić information content (AvgIpc) is 2.46. The van der Waals surface area contributed by atoms with Gasteiger partial charge in [-0.25, -0.2) is 4.79 Å².